The predicted octanol–water partition coefficient (Wildman–Crippen LogP) is 3.07. The molecule has 76 valence electrons. The zero-order valence-electron chi connectivity index (χ0n) is 8.65. The molecule has 2 rings (SSSR count). The van der Waals surface area contributed by atoms with Crippen molar-refractivity contribution in [3.05, 3.63) is 30.0 Å². The Morgan fingerprint density at radius 1 is 1.47 bits per heavy atom. The Labute approximate surface area is 87.9 Å². The van der Waals surface area contributed by atoms with Crippen molar-refractivity contribution < 1.29 is 9.15 Å². The number of nitriles is 1. The van der Waals surface area contributed by atoms with Crippen LogP contribution >= 0.6 is 0 Å². The SMILES string of the molecule is COc1cccc2c(C(C)C#N)coc12. The maximum atomic E-state index is 8.87. The summed E-state index contributed by atoms with van der Waals surface area (Å²) in [6.07, 6.45) is 1.63. The van der Waals surface area contributed by atoms with Gasteiger partial charge in [-0.15, -0.1) is 0 Å². The van der Waals surface area contributed by atoms with E-state index in [9.17, 15) is 0 Å². The highest BCUT2D eigenvalue weighted by atomic mass is 16.5. The fraction of sp³-hybridized carbons (Fsp3) is 0.250. The Kier molecular flexibility index (Phi) is 2.34. The van der Waals surface area contributed by atoms with Gasteiger partial charge < -0.3 is 9.15 Å². The molecule has 0 amide bonds. The highest BCUT2D eigenvalue weighted by Crippen LogP contribution is 2.32. The van der Waals surface area contributed by atoms with Gasteiger partial charge in [-0.05, 0) is 13.0 Å². The number of fused-ring (bicyclic) bond motifs is 1. The third-order valence-electron chi connectivity index (χ3n) is 2.47. The number of methoxy groups -OCH3 is 1. The number of para-hydroxylation sites is 1. The van der Waals surface area contributed by atoms with E-state index in [1.54, 1.807) is 13.4 Å². The Balaban J connectivity index is 2.67. The largest absolute Gasteiger partial charge is 0.493 e. The van der Waals surface area contributed by atoms with Gasteiger partial charge in [-0.25, -0.2) is 0 Å². The van der Waals surface area contributed by atoms with Crippen molar-refractivity contribution >= 4 is 11.0 Å². The van der Waals surface area contributed by atoms with E-state index in [4.69, 9.17) is 14.4 Å². The second-order valence-electron chi connectivity index (χ2n) is 3.38. The van der Waals surface area contributed by atoms with Crippen LogP contribution in [0.25, 0.3) is 11.0 Å². The van der Waals surface area contributed by atoms with E-state index in [1.807, 2.05) is 25.1 Å². The summed E-state index contributed by atoms with van der Waals surface area (Å²) in [6.45, 7) is 1.85. The number of rotatable bonds is 2. The van der Waals surface area contributed by atoms with E-state index < -0.39 is 0 Å². The van der Waals surface area contributed by atoms with Crippen LogP contribution in [0, 0.1) is 11.3 Å². The van der Waals surface area contributed by atoms with Gasteiger partial charge in [-0.2, -0.15) is 5.26 Å². The first kappa shape index (κ1) is 9.60. The summed E-state index contributed by atoms with van der Waals surface area (Å²) >= 11 is 0. The first-order valence-electron chi connectivity index (χ1n) is 4.71. The number of benzene rings is 1. The Morgan fingerprint density at radius 2 is 2.27 bits per heavy atom. The van der Waals surface area contributed by atoms with Crippen LogP contribution in [-0.4, -0.2) is 7.11 Å². The highest BCUT2D eigenvalue weighted by Gasteiger charge is 2.14. The van der Waals surface area contributed by atoms with Gasteiger partial charge in [-0.3, -0.25) is 0 Å². The quantitative estimate of drug-likeness (QED) is 0.750. The summed E-state index contributed by atoms with van der Waals surface area (Å²) in [5.41, 5.74) is 1.61. The van der Waals surface area contributed by atoms with Crippen molar-refractivity contribution in [2.24, 2.45) is 0 Å². The fourth-order valence-electron chi connectivity index (χ4n) is 1.62. The van der Waals surface area contributed by atoms with Crippen LogP contribution in [0.5, 0.6) is 5.75 Å². The zero-order chi connectivity index (χ0) is 10.8. The second kappa shape index (κ2) is 3.66. The molecule has 0 aliphatic rings. The molecule has 1 atom stereocenters. The molecule has 1 heterocycles. The van der Waals surface area contributed by atoms with Gasteiger partial charge in [0.2, 0.25) is 0 Å². The van der Waals surface area contributed by atoms with Crippen molar-refractivity contribution in [2.75, 3.05) is 7.11 Å². The van der Waals surface area contributed by atoms with Crippen LogP contribution in [0.1, 0.15) is 18.4 Å². The molecule has 1 aromatic carbocycles. The van der Waals surface area contributed by atoms with E-state index in [0.717, 1.165) is 10.9 Å². The molecule has 3 heteroatoms. The minimum absolute atomic E-state index is 0.168. The Bertz CT molecular complexity index is 522. The maximum Gasteiger partial charge on any atom is 0.176 e. The van der Waals surface area contributed by atoms with E-state index in [2.05, 4.69) is 6.07 Å². The van der Waals surface area contributed by atoms with Crippen molar-refractivity contribution in [1.29, 1.82) is 5.26 Å². The average molecular weight is 201 g/mol. The van der Waals surface area contributed by atoms with Crippen LogP contribution in [0.3, 0.4) is 0 Å². The zero-order valence-corrected chi connectivity index (χ0v) is 8.65. The number of furan rings is 1. The summed E-state index contributed by atoms with van der Waals surface area (Å²) in [5.74, 6) is 0.530. The van der Waals surface area contributed by atoms with E-state index >= 15 is 0 Å². The minimum atomic E-state index is -0.168. The molecule has 0 N–H and O–H groups in total. The average Bonchev–Trinajstić information content (AvgIpc) is 2.71. The van der Waals surface area contributed by atoms with Crippen LogP contribution < -0.4 is 4.74 Å². The summed E-state index contributed by atoms with van der Waals surface area (Å²) in [6, 6.07) is 7.86. The molecule has 0 saturated heterocycles. The number of hydrogen-bond donors (Lipinski definition) is 0. The molecule has 0 fully saturated rings. The van der Waals surface area contributed by atoms with Gasteiger partial charge in [-0.1, -0.05) is 12.1 Å². The summed E-state index contributed by atoms with van der Waals surface area (Å²) < 4.78 is 10.6. The smallest absolute Gasteiger partial charge is 0.176 e. The summed E-state index contributed by atoms with van der Waals surface area (Å²) in [5, 5.41) is 9.82. The van der Waals surface area contributed by atoms with E-state index in [0.29, 0.717) is 11.3 Å². The Hall–Kier alpha value is -1.95. The molecule has 0 spiro atoms. The van der Waals surface area contributed by atoms with Gasteiger partial charge >= 0.3 is 0 Å². The molecule has 0 aliphatic carbocycles. The number of hydrogen-bond acceptors (Lipinski definition) is 3. The molecule has 0 saturated carbocycles. The molecule has 0 bridgehead atoms. The number of ether oxygens (including phenoxy) is 1. The normalized spacial score (nSPS) is 12.3. The van der Waals surface area contributed by atoms with Crippen LogP contribution in [0.15, 0.2) is 28.9 Å². The lowest BCUT2D eigenvalue weighted by Crippen LogP contribution is -1.87. The molecular formula is C12H11NO2. The third kappa shape index (κ3) is 1.44. The lowest BCUT2D eigenvalue weighted by Gasteiger charge is -2.01. The highest BCUT2D eigenvalue weighted by molar-refractivity contribution is 5.86. The standard InChI is InChI=1S/C12H11NO2/c1-8(6-13)10-7-15-12-9(10)4-3-5-11(12)14-2/h3-5,7-8H,1-2H3. The van der Waals surface area contributed by atoms with Crippen LogP contribution in [-0.2, 0) is 0 Å². The van der Waals surface area contributed by atoms with Crippen LogP contribution in [0.4, 0.5) is 0 Å². The van der Waals surface area contributed by atoms with Gasteiger partial charge in [0.1, 0.15) is 0 Å². The maximum absolute atomic E-state index is 8.87. The molecule has 15 heavy (non-hydrogen) atoms. The van der Waals surface area contributed by atoms with Crippen molar-refractivity contribution in [3.63, 3.8) is 0 Å². The van der Waals surface area contributed by atoms with E-state index in [1.165, 1.54) is 0 Å². The Morgan fingerprint density at radius 3 is 2.93 bits per heavy atom. The topological polar surface area (TPSA) is 46.2 Å². The van der Waals surface area contributed by atoms with Gasteiger partial charge in [0.25, 0.3) is 0 Å². The lowest BCUT2D eigenvalue weighted by atomic mass is 10.0. The second-order valence-corrected chi connectivity index (χ2v) is 3.38. The minimum Gasteiger partial charge on any atom is -0.493 e. The molecule has 0 radical (unpaired) electrons. The number of nitrogens with zero attached hydrogens (tertiary/aromatic N) is 1. The van der Waals surface area contributed by atoms with Gasteiger partial charge in [0.15, 0.2) is 11.3 Å². The van der Waals surface area contributed by atoms with Crippen LogP contribution in [0.2, 0.25) is 0 Å². The molecule has 2 aromatic rings. The molecule has 1 aromatic heterocycles. The third-order valence-corrected chi connectivity index (χ3v) is 2.47. The molecular weight excluding hydrogens is 190 g/mol. The van der Waals surface area contributed by atoms with Crippen molar-refractivity contribution in [2.45, 2.75) is 12.8 Å². The molecule has 0 aliphatic heterocycles. The summed E-state index contributed by atoms with van der Waals surface area (Å²) in [7, 11) is 1.60. The van der Waals surface area contributed by atoms with E-state index in [-0.39, 0.29) is 5.92 Å². The first-order valence-corrected chi connectivity index (χ1v) is 4.71. The van der Waals surface area contributed by atoms with Crippen molar-refractivity contribution in [1.82, 2.24) is 0 Å². The van der Waals surface area contributed by atoms with Gasteiger partial charge in [0.05, 0.1) is 25.4 Å². The fourth-order valence-corrected chi connectivity index (χ4v) is 1.62. The predicted molar refractivity (Wildman–Crippen MR) is 56.8 cm³/mol. The first-order chi connectivity index (χ1) is 7.27. The van der Waals surface area contributed by atoms with Crippen molar-refractivity contribution in [3.8, 4) is 11.8 Å². The van der Waals surface area contributed by atoms with Gasteiger partial charge in [0, 0.05) is 10.9 Å². The monoisotopic (exact) mass is 201 g/mol. The molecule has 1 unspecified atom stereocenters. The lowest BCUT2D eigenvalue weighted by molar-refractivity contribution is 0.410. The summed E-state index contributed by atoms with van der Waals surface area (Å²) in [4.78, 5) is 0. The molecule has 3 nitrogen and oxygen atoms in total.